The molecule has 0 saturated heterocycles. The van der Waals surface area contributed by atoms with Crippen molar-refractivity contribution in [3.63, 3.8) is 0 Å². The van der Waals surface area contributed by atoms with Crippen molar-refractivity contribution < 1.29 is 9.72 Å². The van der Waals surface area contributed by atoms with E-state index in [-0.39, 0.29) is 5.69 Å². The molecule has 0 spiro atoms. The van der Waals surface area contributed by atoms with Gasteiger partial charge in [0.25, 0.3) is 11.6 Å². The van der Waals surface area contributed by atoms with Gasteiger partial charge in [-0.1, -0.05) is 30.3 Å². The lowest BCUT2D eigenvalue weighted by molar-refractivity contribution is -0.384. The number of nitro benzene ring substituents is 1. The number of para-hydroxylation sites is 1. The monoisotopic (exact) mass is 375 g/mol. The average molecular weight is 375 g/mol. The Morgan fingerprint density at radius 3 is 2.79 bits per heavy atom. The number of hydrogen-bond acceptors (Lipinski definition) is 5. The first-order chi connectivity index (χ1) is 13.6. The second kappa shape index (κ2) is 7.43. The van der Waals surface area contributed by atoms with Gasteiger partial charge in [-0.05, 0) is 31.4 Å². The molecule has 1 N–H and O–H groups in total. The Morgan fingerprint density at radius 1 is 1.18 bits per heavy atom. The summed E-state index contributed by atoms with van der Waals surface area (Å²) in [6, 6.07) is 15.7. The van der Waals surface area contributed by atoms with E-state index in [1.165, 1.54) is 18.3 Å². The number of nitro groups is 1. The van der Waals surface area contributed by atoms with Gasteiger partial charge in [0.2, 0.25) is 0 Å². The second-order valence-corrected chi connectivity index (χ2v) is 6.43. The lowest BCUT2D eigenvalue weighted by Gasteiger charge is -2.04. The molecule has 1 aliphatic rings. The van der Waals surface area contributed by atoms with Crippen molar-refractivity contribution in [2.45, 2.75) is 19.3 Å². The van der Waals surface area contributed by atoms with Crippen LogP contribution in [0.2, 0.25) is 0 Å². The molecule has 3 aromatic rings. The summed E-state index contributed by atoms with van der Waals surface area (Å²) in [4.78, 5) is 23.0. The van der Waals surface area contributed by atoms with Crippen molar-refractivity contribution in [3.8, 4) is 5.69 Å². The zero-order valence-corrected chi connectivity index (χ0v) is 14.9. The Hall–Kier alpha value is -3.81. The number of fused-ring (bicyclic) bond motifs is 1. The number of nitrogens with zero attached hydrogens (tertiary/aromatic N) is 4. The predicted molar refractivity (Wildman–Crippen MR) is 104 cm³/mol. The van der Waals surface area contributed by atoms with Gasteiger partial charge in [0.1, 0.15) is 0 Å². The fraction of sp³-hybridized carbons (Fsp3) is 0.150. The highest BCUT2D eigenvalue weighted by Crippen LogP contribution is 2.27. The van der Waals surface area contributed by atoms with Gasteiger partial charge in [0, 0.05) is 29.0 Å². The van der Waals surface area contributed by atoms with Crippen molar-refractivity contribution in [1.29, 1.82) is 0 Å². The molecule has 0 unspecified atom stereocenters. The third-order valence-electron chi connectivity index (χ3n) is 4.61. The molecule has 0 fully saturated rings. The SMILES string of the molecule is O=C(N/N=C/c1cccc([N+](=O)[O-])c1)c1nn(-c2ccccc2)c2c1CCC2. The summed E-state index contributed by atoms with van der Waals surface area (Å²) in [6.07, 6.45) is 4.04. The van der Waals surface area contributed by atoms with Crippen LogP contribution >= 0.6 is 0 Å². The number of amides is 1. The van der Waals surface area contributed by atoms with E-state index in [2.05, 4.69) is 15.6 Å². The molecule has 0 bridgehead atoms. The number of hydrogen-bond donors (Lipinski definition) is 1. The van der Waals surface area contributed by atoms with Gasteiger partial charge in [0.05, 0.1) is 16.8 Å². The number of nitrogens with one attached hydrogen (secondary N) is 1. The molecule has 8 heteroatoms. The topological polar surface area (TPSA) is 102 Å². The van der Waals surface area contributed by atoms with Crippen LogP contribution < -0.4 is 5.43 Å². The van der Waals surface area contributed by atoms with Crippen LogP contribution in [0, 0.1) is 10.1 Å². The second-order valence-electron chi connectivity index (χ2n) is 6.43. The van der Waals surface area contributed by atoms with E-state index in [1.54, 1.807) is 12.1 Å². The van der Waals surface area contributed by atoms with Gasteiger partial charge in [-0.25, -0.2) is 10.1 Å². The van der Waals surface area contributed by atoms with Crippen LogP contribution in [0.5, 0.6) is 0 Å². The average Bonchev–Trinajstić information content (AvgIpc) is 3.31. The molecule has 1 amide bonds. The van der Waals surface area contributed by atoms with Crippen molar-refractivity contribution >= 4 is 17.8 Å². The molecule has 8 nitrogen and oxygen atoms in total. The maximum Gasteiger partial charge on any atom is 0.292 e. The summed E-state index contributed by atoms with van der Waals surface area (Å²) >= 11 is 0. The van der Waals surface area contributed by atoms with Crippen LogP contribution in [-0.4, -0.2) is 26.8 Å². The van der Waals surface area contributed by atoms with Crippen LogP contribution in [0.3, 0.4) is 0 Å². The first-order valence-corrected chi connectivity index (χ1v) is 8.87. The highest BCUT2D eigenvalue weighted by Gasteiger charge is 2.26. The minimum Gasteiger partial charge on any atom is -0.265 e. The quantitative estimate of drug-likeness (QED) is 0.421. The Bertz CT molecular complexity index is 1070. The molecule has 0 aliphatic heterocycles. The van der Waals surface area contributed by atoms with Gasteiger partial charge in [-0.2, -0.15) is 10.2 Å². The molecule has 0 radical (unpaired) electrons. The smallest absolute Gasteiger partial charge is 0.265 e. The van der Waals surface area contributed by atoms with E-state index in [0.717, 1.165) is 36.2 Å². The maximum absolute atomic E-state index is 12.6. The fourth-order valence-electron chi connectivity index (χ4n) is 3.34. The van der Waals surface area contributed by atoms with E-state index in [1.807, 2.05) is 35.0 Å². The zero-order valence-electron chi connectivity index (χ0n) is 14.9. The summed E-state index contributed by atoms with van der Waals surface area (Å²) in [5.41, 5.74) is 6.26. The third kappa shape index (κ3) is 3.39. The molecule has 0 atom stereocenters. The highest BCUT2D eigenvalue weighted by molar-refractivity contribution is 5.95. The van der Waals surface area contributed by atoms with Crippen molar-refractivity contribution in [2.24, 2.45) is 5.10 Å². The predicted octanol–water partition coefficient (Wildman–Crippen LogP) is 3.03. The standard InChI is InChI=1S/C20H17N5O3/c26-20(22-21-13-14-6-4-9-16(12-14)25(27)28)19-17-10-5-11-18(17)24(23-19)15-7-2-1-3-8-15/h1-4,6-9,12-13H,5,10-11H2,(H,22,26)/b21-13+. The summed E-state index contributed by atoms with van der Waals surface area (Å²) in [7, 11) is 0. The van der Waals surface area contributed by atoms with Gasteiger partial charge < -0.3 is 0 Å². The lowest BCUT2D eigenvalue weighted by atomic mass is 10.2. The molecular weight excluding hydrogens is 358 g/mol. The normalized spacial score (nSPS) is 12.9. The van der Waals surface area contributed by atoms with E-state index in [9.17, 15) is 14.9 Å². The number of carbonyl (C=O) groups is 1. The summed E-state index contributed by atoms with van der Waals surface area (Å²) in [5.74, 6) is -0.394. The number of non-ortho nitro benzene ring substituents is 1. The van der Waals surface area contributed by atoms with Gasteiger partial charge in [-0.15, -0.1) is 0 Å². The van der Waals surface area contributed by atoms with Crippen molar-refractivity contribution in [2.75, 3.05) is 0 Å². The first kappa shape index (κ1) is 17.6. The van der Waals surface area contributed by atoms with E-state index < -0.39 is 10.8 Å². The van der Waals surface area contributed by atoms with E-state index >= 15 is 0 Å². The number of aromatic nitrogens is 2. The minimum absolute atomic E-state index is 0.0327. The number of carbonyl (C=O) groups excluding carboxylic acids is 1. The Kier molecular flexibility index (Phi) is 4.67. The summed E-state index contributed by atoms with van der Waals surface area (Å²) in [5, 5.41) is 19.3. The van der Waals surface area contributed by atoms with Crippen molar-refractivity contribution in [1.82, 2.24) is 15.2 Å². The molecule has 4 rings (SSSR count). The number of rotatable bonds is 5. The van der Waals surface area contributed by atoms with Crippen LogP contribution in [0.25, 0.3) is 5.69 Å². The summed E-state index contributed by atoms with van der Waals surface area (Å²) < 4.78 is 1.82. The molecule has 1 aromatic heterocycles. The molecule has 2 aromatic carbocycles. The van der Waals surface area contributed by atoms with Crippen LogP contribution in [0.15, 0.2) is 59.7 Å². The Balaban J connectivity index is 1.55. The third-order valence-corrected chi connectivity index (χ3v) is 4.61. The van der Waals surface area contributed by atoms with Gasteiger partial charge >= 0.3 is 0 Å². The van der Waals surface area contributed by atoms with E-state index in [0.29, 0.717) is 11.3 Å². The lowest BCUT2D eigenvalue weighted by Crippen LogP contribution is -2.20. The van der Waals surface area contributed by atoms with Crippen molar-refractivity contribution in [3.05, 3.63) is 87.2 Å². The molecule has 140 valence electrons. The van der Waals surface area contributed by atoms with E-state index in [4.69, 9.17) is 0 Å². The highest BCUT2D eigenvalue weighted by atomic mass is 16.6. The zero-order chi connectivity index (χ0) is 19.5. The van der Waals surface area contributed by atoms with Crippen LogP contribution in [-0.2, 0) is 12.8 Å². The molecule has 0 saturated carbocycles. The fourth-order valence-corrected chi connectivity index (χ4v) is 3.34. The number of benzene rings is 2. The van der Waals surface area contributed by atoms with Crippen LogP contribution in [0.4, 0.5) is 5.69 Å². The minimum atomic E-state index is -0.477. The summed E-state index contributed by atoms with van der Waals surface area (Å²) in [6.45, 7) is 0. The largest absolute Gasteiger partial charge is 0.292 e. The van der Waals surface area contributed by atoms with Crippen LogP contribution in [0.1, 0.15) is 33.7 Å². The Morgan fingerprint density at radius 2 is 2.00 bits per heavy atom. The molecular formula is C20H17N5O3. The molecule has 28 heavy (non-hydrogen) atoms. The Labute approximate surface area is 160 Å². The molecule has 1 aliphatic carbocycles. The first-order valence-electron chi connectivity index (χ1n) is 8.87. The van der Waals surface area contributed by atoms with Gasteiger partial charge in [-0.3, -0.25) is 14.9 Å². The number of hydrazone groups is 1. The molecule has 1 heterocycles. The van der Waals surface area contributed by atoms with Gasteiger partial charge in [0.15, 0.2) is 5.69 Å². The maximum atomic E-state index is 12.6.